The molecule has 6 nitrogen and oxygen atoms in total. The largest absolute Gasteiger partial charge is 0.348 e. The van der Waals surface area contributed by atoms with Crippen molar-refractivity contribution in [1.82, 2.24) is 4.90 Å². The summed E-state index contributed by atoms with van der Waals surface area (Å²) in [5.74, 6) is -1.03. The maximum absolute atomic E-state index is 12.0. The summed E-state index contributed by atoms with van der Waals surface area (Å²) in [5.41, 5.74) is 0. The van der Waals surface area contributed by atoms with Gasteiger partial charge in [-0.2, -0.15) is 0 Å². The summed E-state index contributed by atoms with van der Waals surface area (Å²) in [6.45, 7) is 8.11. The molecule has 0 aliphatic carbocycles. The van der Waals surface area contributed by atoms with E-state index in [1.54, 1.807) is 0 Å². The molecule has 0 spiro atoms. The van der Waals surface area contributed by atoms with E-state index in [1.165, 1.54) is 0 Å². The average molecular weight is 283 g/mol. The maximum Gasteiger partial charge on any atom is 0.225 e. The number of β-lactam (4-membered cyclic amide) rings is 1. The molecule has 4 rings (SSSR count). The molecule has 0 bridgehead atoms. The monoisotopic (exact) mass is 283 g/mol. The Hall–Kier alpha value is -0.690. The highest BCUT2D eigenvalue weighted by molar-refractivity contribution is 5.85. The molecule has 0 aromatic heterocycles. The Morgan fingerprint density at radius 3 is 2.35 bits per heavy atom. The van der Waals surface area contributed by atoms with Crippen LogP contribution < -0.4 is 0 Å². The number of nitrogens with zero attached hydrogens (tertiary/aromatic N) is 1. The van der Waals surface area contributed by atoms with Crippen LogP contribution in [0.25, 0.3) is 0 Å². The van der Waals surface area contributed by atoms with E-state index in [0.717, 1.165) is 0 Å². The van der Waals surface area contributed by atoms with Crippen LogP contribution in [-0.4, -0.2) is 59.4 Å². The Labute approximate surface area is 118 Å². The van der Waals surface area contributed by atoms with Crippen LogP contribution in [0.3, 0.4) is 0 Å². The predicted octanol–water partition coefficient (Wildman–Crippen LogP) is 0.641. The van der Waals surface area contributed by atoms with E-state index in [-0.39, 0.29) is 36.3 Å². The quantitative estimate of drug-likeness (QED) is 0.661. The summed E-state index contributed by atoms with van der Waals surface area (Å²) < 4.78 is 23.6. The molecule has 6 heteroatoms. The van der Waals surface area contributed by atoms with Gasteiger partial charge in [-0.1, -0.05) is 0 Å². The van der Waals surface area contributed by atoms with Crippen molar-refractivity contribution in [2.24, 2.45) is 0 Å². The van der Waals surface area contributed by atoms with Crippen molar-refractivity contribution in [3.05, 3.63) is 0 Å². The number of hydrogen-bond acceptors (Lipinski definition) is 5. The van der Waals surface area contributed by atoms with Gasteiger partial charge in [-0.05, 0) is 27.7 Å². The van der Waals surface area contributed by atoms with E-state index in [0.29, 0.717) is 13.0 Å². The zero-order valence-electron chi connectivity index (χ0n) is 12.3. The molecule has 0 N–H and O–H groups in total. The fourth-order valence-electron chi connectivity index (χ4n) is 3.93. The molecular weight excluding hydrogens is 262 g/mol. The van der Waals surface area contributed by atoms with E-state index < -0.39 is 11.6 Å². The summed E-state index contributed by atoms with van der Waals surface area (Å²) in [6, 6.07) is 0.0291. The van der Waals surface area contributed by atoms with Gasteiger partial charge in [0.05, 0.1) is 18.7 Å². The van der Waals surface area contributed by atoms with Crippen molar-refractivity contribution in [3.63, 3.8) is 0 Å². The normalized spacial score (nSPS) is 48.1. The van der Waals surface area contributed by atoms with Gasteiger partial charge in [0, 0.05) is 6.42 Å². The summed E-state index contributed by atoms with van der Waals surface area (Å²) in [5, 5.41) is 0. The SMILES string of the molecule is CC1(C)O[C@@H]2[C@H](O1)[C@@H]1CC(=O)N1[C@H]2[C@H]1COC(C)(C)O1. The van der Waals surface area contributed by atoms with Crippen LogP contribution in [0.5, 0.6) is 0 Å². The number of carbonyl (C=O) groups is 1. The standard InChI is InChI=1S/C14H21NO5/c1-13(2)17-6-8(18-13)10-12-11(19-14(3,4)20-12)7-5-9(16)15(7)10/h7-8,10-12H,5-6H2,1-4H3/t7-,8+,10-,11+,12-/m0/s1. The first-order chi connectivity index (χ1) is 9.27. The van der Waals surface area contributed by atoms with Gasteiger partial charge in [-0.3, -0.25) is 4.79 Å². The second-order valence-corrected chi connectivity index (χ2v) is 6.99. The van der Waals surface area contributed by atoms with Crippen molar-refractivity contribution < 1.29 is 23.7 Å². The lowest BCUT2D eigenvalue weighted by Crippen LogP contribution is -2.59. The smallest absolute Gasteiger partial charge is 0.225 e. The maximum atomic E-state index is 12.0. The number of fused-ring (bicyclic) bond motifs is 3. The molecule has 1 amide bonds. The average Bonchev–Trinajstić information content (AvgIpc) is 2.87. The van der Waals surface area contributed by atoms with Gasteiger partial charge in [0.15, 0.2) is 11.6 Å². The minimum atomic E-state index is -0.596. The highest BCUT2D eigenvalue weighted by atomic mass is 16.8. The van der Waals surface area contributed by atoms with Gasteiger partial charge in [-0.15, -0.1) is 0 Å². The first-order valence-electron chi connectivity index (χ1n) is 7.26. The molecule has 4 heterocycles. The molecule has 0 aromatic carbocycles. The molecule has 0 radical (unpaired) electrons. The zero-order chi connectivity index (χ0) is 14.3. The van der Waals surface area contributed by atoms with Gasteiger partial charge in [0.1, 0.15) is 18.3 Å². The Morgan fingerprint density at radius 2 is 1.75 bits per heavy atom. The van der Waals surface area contributed by atoms with Gasteiger partial charge < -0.3 is 23.8 Å². The highest BCUT2D eigenvalue weighted by Gasteiger charge is 2.66. The van der Waals surface area contributed by atoms with E-state index in [4.69, 9.17) is 18.9 Å². The number of rotatable bonds is 1. The van der Waals surface area contributed by atoms with E-state index in [1.807, 2.05) is 32.6 Å². The fourth-order valence-corrected chi connectivity index (χ4v) is 3.93. The number of carbonyl (C=O) groups excluding carboxylic acids is 1. The Kier molecular flexibility index (Phi) is 2.43. The lowest BCUT2D eigenvalue weighted by atomic mass is 10.0. The van der Waals surface area contributed by atoms with E-state index >= 15 is 0 Å². The molecule has 20 heavy (non-hydrogen) atoms. The second kappa shape index (κ2) is 3.74. The topological polar surface area (TPSA) is 57.2 Å². The van der Waals surface area contributed by atoms with E-state index in [9.17, 15) is 4.79 Å². The summed E-state index contributed by atoms with van der Waals surface area (Å²) in [4.78, 5) is 13.8. The molecule has 4 aliphatic heterocycles. The van der Waals surface area contributed by atoms with Crippen LogP contribution in [-0.2, 0) is 23.7 Å². The Bertz CT molecular complexity index is 462. The van der Waals surface area contributed by atoms with Crippen LogP contribution >= 0.6 is 0 Å². The van der Waals surface area contributed by atoms with Crippen molar-refractivity contribution in [2.75, 3.05) is 6.61 Å². The van der Waals surface area contributed by atoms with Crippen LogP contribution in [0.1, 0.15) is 34.1 Å². The van der Waals surface area contributed by atoms with Crippen molar-refractivity contribution in [2.45, 2.75) is 76.1 Å². The first-order valence-corrected chi connectivity index (χ1v) is 7.26. The predicted molar refractivity (Wildman–Crippen MR) is 67.8 cm³/mol. The van der Waals surface area contributed by atoms with Crippen LogP contribution in [0.2, 0.25) is 0 Å². The van der Waals surface area contributed by atoms with Crippen LogP contribution in [0.4, 0.5) is 0 Å². The molecular formula is C14H21NO5. The van der Waals surface area contributed by atoms with Gasteiger partial charge in [0.2, 0.25) is 5.91 Å². The zero-order valence-corrected chi connectivity index (χ0v) is 12.3. The summed E-state index contributed by atoms with van der Waals surface area (Å²) in [6.07, 6.45) is 0.238. The minimum Gasteiger partial charge on any atom is -0.348 e. The third kappa shape index (κ3) is 1.68. The molecule has 4 aliphatic rings. The van der Waals surface area contributed by atoms with Gasteiger partial charge in [-0.25, -0.2) is 0 Å². The number of ether oxygens (including phenoxy) is 4. The third-order valence-corrected chi connectivity index (χ3v) is 4.64. The molecule has 4 saturated heterocycles. The third-order valence-electron chi connectivity index (χ3n) is 4.64. The lowest BCUT2D eigenvalue weighted by Gasteiger charge is -2.42. The van der Waals surface area contributed by atoms with Gasteiger partial charge in [0.25, 0.3) is 0 Å². The van der Waals surface area contributed by atoms with Crippen molar-refractivity contribution >= 4 is 5.91 Å². The number of hydrogen-bond donors (Lipinski definition) is 0. The minimum absolute atomic E-state index is 0.0417. The molecule has 112 valence electrons. The summed E-state index contributed by atoms with van der Waals surface area (Å²) >= 11 is 0. The van der Waals surface area contributed by atoms with Crippen molar-refractivity contribution in [1.29, 1.82) is 0 Å². The van der Waals surface area contributed by atoms with Crippen LogP contribution in [0, 0.1) is 0 Å². The molecule has 0 aromatic rings. The highest BCUT2D eigenvalue weighted by Crippen LogP contribution is 2.48. The van der Waals surface area contributed by atoms with Crippen molar-refractivity contribution in [3.8, 4) is 0 Å². The Morgan fingerprint density at radius 1 is 1.05 bits per heavy atom. The molecule has 5 atom stereocenters. The lowest BCUT2D eigenvalue weighted by molar-refractivity contribution is -0.197. The molecule has 0 unspecified atom stereocenters. The van der Waals surface area contributed by atoms with Gasteiger partial charge >= 0.3 is 0 Å². The first kappa shape index (κ1) is 13.0. The summed E-state index contributed by atoms with van der Waals surface area (Å²) in [7, 11) is 0. The van der Waals surface area contributed by atoms with Crippen LogP contribution in [0.15, 0.2) is 0 Å². The van der Waals surface area contributed by atoms with E-state index in [2.05, 4.69) is 0 Å². The fraction of sp³-hybridized carbons (Fsp3) is 0.929. The number of amides is 1. The Balaban J connectivity index is 1.62. The molecule has 4 fully saturated rings. The second-order valence-electron chi connectivity index (χ2n) is 6.99. The molecule has 0 saturated carbocycles.